The summed E-state index contributed by atoms with van der Waals surface area (Å²) in [5.41, 5.74) is 0. The van der Waals surface area contributed by atoms with Crippen LogP contribution in [0.1, 0.15) is 38.4 Å². The highest BCUT2D eigenvalue weighted by Gasteiger charge is 2.26. The summed E-state index contributed by atoms with van der Waals surface area (Å²) in [4.78, 5) is 4.41. The number of imidazole rings is 1. The van der Waals surface area contributed by atoms with E-state index in [0.29, 0.717) is 12.1 Å². The van der Waals surface area contributed by atoms with Crippen LogP contribution in [-0.4, -0.2) is 28.8 Å². The predicted molar refractivity (Wildman–Crippen MR) is 67.8 cm³/mol. The highest BCUT2D eigenvalue weighted by molar-refractivity contribution is 4.94. The molecule has 1 aliphatic carbocycles. The van der Waals surface area contributed by atoms with Crippen LogP contribution in [-0.2, 0) is 17.8 Å². The Labute approximate surface area is 103 Å². The van der Waals surface area contributed by atoms with E-state index >= 15 is 0 Å². The van der Waals surface area contributed by atoms with Crippen LogP contribution in [0, 0.1) is 0 Å². The van der Waals surface area contributed by atoms with Crippen molar-refractivity contribution in [2.75, 3.05) is 7.11 Å². The number of nitrogens with zero attached hydrogens (tertiary/aromatic N) is 2. The molecule has 1 aromatic rings. The van der Waals surface area contributed by atoms with Crippen LogP contribution in [0.25, 0.3) is 0 Å². The van der Waals surface area contributed by atoms with E-state index < -0.39 is 0 Å². The van der Waals surface area contributed by atoms with Crippen molar-refractivity contribution in [2.45, 2.75) is 57.8 Å². The third-order valence-corrected chi connectivity index (χ3v) is 3.54. The molecule has 0 amide bonds. The molecule has 1 saturated carbocycles. The van der Waals surface area contributed by atoms with E-state index in [1.165, 1.54) is 19.3 Å². The van der Waals surface area contributed by atoms with Crippen LogP contribution >= 0.6 is 0 Å². The van der Waals surface area contributed by atoms with Crippen molar-refractivity contribution in [3.63, 3.8) is 0 Å². The second-order valence-electron chi connectivity index (χ2n) is 4.73. The summed E-state index contributed by atoms with van der Waals surface area (Å²) in [6.45, 7) is 4.09. The zero-order valence-electron chi connectivity index (χ0n) is 10.9. The average Bonchev–Trinajstić information content (AvgIpc) is 2.95. The van der Waals surface area contributed by atoms with Crippen LogP contribution in [0.5, 0.6) is 0 Å². The molecule has 0 saturated heterocycles. The SMILES string of the molecule is CCCn1ccnc1CNC1CCCC1OC. The molecular weight excluding hydrogens is 214 g/mol. The summed E-state index contributed by atoms with van der Waals surface area (Å²) in [5, 5.41) is 3.58. The lowest BCUT2D eigenvalue weighted by Crippen LogP contribution is -2.36. The number of aromatic nitrogens is 2. The van der Waals surface area contributed by atoms with Gasteiger partial charge >= 0.3 is 0 Å². The molecular formula is C13H23N3O. The third-order valence-electron chi connectivity index (χ3n) is 3.54. The minimum absolute atomic E-state index is 0.379. The zero-order valence-corrected chi connectivity index (χ0v) is 10.9. The van der Waals surface area contributed by atoms with Gasteiger partial charge in [0.2, 0.25) is 0 Å². The molecule has 0 bridgehead atoms. The molecule has 2 unspecified atom stereocenters. The largest absolute Gasteiger partial charge is 0.380 e. The molecule has 96 valence electrons. The highest BCUT2D eigenvalue weighted by atomic mass is 16.5. The van der Waals surface area contributed by atoms with Crippen molar-refractivity contribution in [1.29, 1.82) is 0 Å². The number of hydrogen-bond acceptors (Lipinski definition) is 3. The number of rotatable bonds is 6. The fourth-order valence-corrected chi connectivity index (χ4v) is 2.62. The number of methoxy groups -OCH3 is 1. The lowest BCUT2D eigenvalue weighted by molar-refractivity contribution is 0.0844. The summed E-state index contributed by atoms with van der Waals surface area (Å²) in [6.07, 6.45) is 9.12. The van der Waals surface area contributed by atoms with Gasteiger partial charge in [0.1, 0.15) is 5.82 Å². The Kier molecular flexibility index (Phi) is 4.57. The Bertz CT molecular complexity index is 337. The molecule has 2 rings (SSSR count). The Morgan fingerprint density at radius 1 is 1.53 bits per heavy atom. The van der Waals surface area contributed by atoms with Crippen LogP contribution in [0.15, 0.2) is 12.4 Å². The highest BCUT2D eigenvalue weighted by Crippen LogP contribution is 2.21. The van der Waals surface area contributed by atoms with E-state index in [4.69, 9.17) is 4.74 Å². The van der Waals surface area contributed by atoms with Crippen molar-refractivity contribution >= 4 is 0 Å². The van der Waals surface area contributed by atoms with Gasteiger partial charge in [0.25, 0.3) is 0 Å². The Hall–Kier alpha value is -0.870. The second kappa shape index (κ2) is 6.17. The van der Waals surface area contributed by atoms with E-state index in [1.807, 2.05) is 13.3 Å². The molecule has 17 heavy (non-hydrogen) atoms. The predicted octanol–water partition coefficient (Wildman–Crippen LogP) is 1.95. The molecule has 0 aliphatic heterocycles. The van der Waals surface area contributed by atoms with Gasteiger partial charge in [0.05, 0.1) is 12.6 Å². The van der Waals surface area contributed by atoms with Gasteiger partial charge < -0.3 is 14.6 Å². The van der Waals surface area contributed by atoms with Gasteiger partial charge in [-0.2, -0.15) is 0 Å². The summed E-state index contributed by atoms with van der Waals surface area (Å²) >= 11 is 0. The molecule has 0 aromatic carbocycles. The summed E-state index contributed by atoms with van der Waals surface area (Å²) in [7, 11) is 1.81. The fraction of sp³-hybridized carbons (Fsp3) is 0.769. The lowest BCUT2D eigenvalue weighted by atomic mass is 10.2. The topological polar surface area (TPSA) is 39.1 Å². The van der Waals surface area contributed by atoms with E-state index in [2.05, 4.69) is 28.0 Å². The van der Waals surface area contributed by atoms with E-state index in [0.717, 1.165) is 25.3 Å². The maximum absolute atomic E-state index is 5.48. The van der Waals surface area contributed by atoms with Crippen molar-refractivity contribution in [2.24, 2.45) is 0 Å². The molecule has 2 atom stereocenters. The van der Waals surface area contributed by atoms with Crippen molar-refractivity contribution in [1.82, 2.24) is 14.9 Å². The maximum atomic E-state index is 5.48. The molecule has 1 aliphatic rings. The second-order valence-corrected chi connectivity index (χ2v) is 4.73. The van der Waals surface area contributed by atoms with Crippen molar-refractivity contribution in [3.05, 3.63) is 18.2 Å². The first-order valence-corrected chi connectivity index (χ1v) is 6.61. The lowest BCUT2D eigenvalue weighted by Gasteiger charge is -2.19. The summed E-state index contributed by atoms with van der Waals surface area (Å²) < 4.78 is 7.71. The normalized spacial score (nSPS) is 24.4. The van der Waals surface area contributed by atoms with Gasteiger partial charge in [-0.1, -0.05) is 6.92 Å². The Balaban J connectivity index is 1.86. The molecule has 1 aromatic heterocycles. The van der Waals surface area contributed by atoms with E-state index in [9.17, 15) is 0 Å². The third kappa shape index (κ3) is 3.07. The standard InChI is InChI=1S/C13H23N3O/c1-3-8-16-9-7-14-13(16)10-15-11-5-4-6-12(11)17-2/h7,9,11-12,15H,3-6,8,10H2,1-2H3. The average molecular weight is 237 g/mol. The minimum Gasteiger partial charge on any atom is -0.380 e. The van der Waals surface area contributed by atoms with E-state index in [-0.39, 0.29) is 0 Å². The smallest absolute Gasteiger partial charge is 0.122 e. The number of ether oxygens (including phenoxy) is 1. The summed E-state index contributed by atoms with van der Waals surface area (Å²) in [6, 6.07) is 0.492. The molecule has 4 heteroatoms. The van der Waals surface area contributed by atoms with Gasteiger partial charge in [0, 0.05) is 32.1 Å². The molecule has 1 fully saturated rings. The minimum atomic E-state index is 0.379. The molecule has 0 spiro atoms. The maximum Gasteiger partial charge on any atom is 0.122 e. The Morgan fingerprint density at radius 3 is 3.18 bits per heavy atom. The summed E-state index contributed by atoms with van der Waals surface area (Å²) in [5.74, 6) is 1.13. The van der Waals surface area contributed by atoms with Gasteiger partial charge in [-0.15, -0.1) is 0 Å². The van der Waals surface area contributed by atoms with Crippen LogP contribution in [0.4, 0.5) is 0 Å². The van der Waals surface area contributed by atoms with Crippen LogP contribution in [0.3, 0.4) is 0 Å². The van der Waals surface area contributed by atoms with Crippen LogP contribution < -0.4 is 5.32 Å². The van der Waals surface area contributed by atoms with E-state index in [1.54, 1.807) is 0 Å². The molecule has 1 N–H and O–H groups in total. The quantitative estimate of drug-likeness (QED) is 0.822. The zero-order chi connectivity index (χ0) is 12.1. The Morgan fingerprint density at radius 2 is 2.41 bits per heavy atom. The number of aryl methyl sites for hydroxylation is 1. The van der Waals surface area contributed by atoms with Gasteiger partial charge in [0.15, 0.2) is 0 Å². The first-order chi connectivity index (χ1) is 8.35. The first kappa shape index (κ1) is 12.6. The molecule has 0 radical (unpaired) electrons. The molecule has 4 nitrogen and oxygen atoms in total. The molecule has 1 heterocycles. The van der Waals surface area contributed by atoms with Crippen LogP contribution in [0.2, 0.25) is 0 Å². The van der Waals surface area contributed by atoms with Gasteiger partial charge in [-0.05, 0) is 25.7 Å². The van der Waals surface area contributed by atoms with Gasteiger partial charge in [-0.3, -0.25) is 0 Å². The number of hydrogen-bond donors (Lipinski definition) is 1. The number of nitrogens with one attached hydrogen (secondary N) is 1. The first-order valence-electron chi connectivity index (χ1n) is 6.61. The van der Waals surface area contributed by atoms with Crippen molar-refractivity contribution < 1.29 is 4.74 Å². The fourth-order valence-electron chi connectivity index (χ4n) is 2.62. The van der Waals surface area contributed by atoms with Gasteiger partial charge in [-0.25, -0.2) is 4.98 Å². The monoisotopic (exact) mass is 237 g/mol. The van der Waals surface area contributed by atoms with Crippen molar-refractivity contribution in [3.8, 4) is 0 Å².